The zero-order valence-corrected chi connectivity index (χ0v) is 19.0. The fourth-order valence-electron chi connectivity index (χ4n) is 6.19. The number of anilines is 1. The lowest BCUT2D eigenvalue weighted by atomic mass is 9.63. The van der Waals surface area contributed by atoms with E-state index in [0.717, 1.165) is 12.0 Å². The minimum atomic E-state index is -0.936. The van der Waals surface area contributed by atoms with Crippen molar-refractivity contribution in [3.8, 4) is 0 Å². The van der Waals surface area contributed by atoms with Crippen LogP contribution in [0.2, 0.25) is 0 Å². The monoisotopic (exact) mass is 455 g/mol. The Hall–Kier alpha value is -3.54. The Morgan fingerprint density at radius 2 is 1.38 bits per heavy atom. The third-order valence-corrected chi connectivity index (χ3v) is 8.01. The Balaban J connectivity index is 1.16. The molecule has 6 nitrogen and oxygen atoms in total. The molecule has 0 radical (unpaired) electrons. The lowest BCUT2D eigenvalue weighted by Gasteiger charge is -2.37. The van der Waals surface area contributed by atoms with E-state index in [-0.39, 0.29) is 46.8 Å². The summed E-state index contributed by atoms with van der Waals surface area (Å²) < 4.78 is 5.38. The number of imide groups is 1. The zero-order valence-electron chi connectivity index (χ0n) is 19.0. The van der Waals surface area contributed by atoms with Crippen molar-refractivity contribution in [2.45, 2.75) is 26.4 Å². The Bertz CT molecular complexity index is 1210. The van der Waals surface area contributed by atoms with Gasteiger partial charge in [0.25, 0.3) is 0 Å². The number of benzene rings is 2. The highest BCUT2D eigenvalue weighted by Crippen LogP contribution is 2.65. The number of Topliss-reactive ketones (excluding diaryl/α,β-unsaturated/α-hetero) is 1. The van der Waals surface area contributed by atoms with Crippen molar-refractivity contribution in [2.75, 3.05) is 4.90 Å². The van der Waals surface area contributed by atoms with E-state index in [4.69, 9.17) is 4.74 Å². The first-order valence-electron chi connectivity index (χ1n) is 11.8. The summed E-state index contributed by atoms with van der Waals surface area (Å²) in [6, 6.07) is 13.4. The summed E-state index contributed by atoms with van der Waals surface area (Å²) in [7, 11) is 0. The van der Waals surface area contributed by atoms with Crippen LogP contribution in [-0.2, 0) is 14.3 Å². The number of rotatable bonds is 5. The normalized spacial score (nSPS) is 31.2. The lowest BCUT2D eigenvalue weighted by Crippen LogP contribution is -2.40. The second-order valence-electron chi connectivity index (χ2n) is 9.99. The SMILES string of the molecule is Cc1ccc(C(=O)[C@@H](C)OC(=O)c2ccc(N3C(=O)[C@@H]4[C@@H]5C=C[C@H]([C@H]6C[C@H]56)[C@@H]4C3=O)cc2)cc1. The highest BCUT2D eigenvalue weighted by atomic mass is 16.5. The van der Waals surface area contributed by atoms with Gasteiger partial charge in [-0.15, -0.1) is 0 Å². The van der Waals surface area contributed by atoms with E-state index in [9.17, 15) is 19.2 Å². The second kappa shape index (κ2) is 7.49. The molecule has 6 heteroatoms. The summed E-state index contributed by atoms with van der Waals surface area (Å²) in [5.74, 6) is -0.249. The number of carbonyl (C=O) groups is 4. The van der Waals surface area contributed by atoms with Crippen LogP contribution in [-0.4, -0.2) is 29.7 Å². The number of ketones is 1. The Morgan fingerprint density at radius 1 is 0.853 bits per heavy atom. The van der Waals surface area contributed by atoms with E-state index in [0.29, 0.717) is 23.1 Å². The van der Waals surface area contributed by atoms with Crippen LogP contribution in [0, 0.1) is 42.4 Å². The topological polar surface area (TPSA) is 80.8 Å². The van der Waals surface area contributed by atoms with Gasteiger partial charge in [0, 0.05) is 5.56 Å². The molecule has 2 aromatic carbocycles. The van der Waals surface area contributed by atoms with E-state index in [2.05, 4.69) is 12.2 Å². The average molecular weight is 456 g/mol. The maximum atomic E-state index is 13.2. The van der Waals surface area contributed by atoms with Crippen LogP contribution in [0.5, 0.6) is 0 Å². The number of carbonyl (C=O) groups excluding carboxylic acids is 4. The first-order valence-corrected chi connectivity index (χ1v) is 11.8. The lowest BCUT2D eigenvalue weighted by molar-refractivity contribution is -0.124. The minimum Gasteiger partial charge on any atom is -0.451 e. The molecule has 4 aliphatic carbocycles. The summed E-state index contributed by atoms with van der Waals surface area (Å²) in [5.41, 5.74) is 2.25. The number of allylic oxidation sites excluding steroid dienone is 2. The summed E-state index contributed by atoms with van der Waals surface area (Å²) >= 11 is 0. The van der Waals surface area contributed by atoms with Crippen molar-refractivity contribution >= 4 is 29.3 Å². The molecule has 3 fully saturated rings. The molecular formula is C28H25NO5. The van der Waals surface area contributed by atoms with Gasteiger partial charge < -0.3 is 4.74 Å². The quantitative estimate of drug-likeness (QED) is 0.295. The molecule has 2 bridgehead atoms. The molecule has 0 N–H and O–H groups in total. The van der Waals surface area contributed by atoms with Gasteiger partial charge in [0.05, 0.1) is 23.1 Å². The molecule has 34 heavy (non-hydrogen) atoms. The summed E-state index contributed by atoms with van der Waals surface area (Å²) in [6.45, 7) is 3.48. The summed E-state index contributed by atoms with van der Waals surface area (Å²) in [4.78, 5) is 53.0. The number of esters is 1. The molecule has 1 saturated heterocycles. The third-order valence-electron chi connectivity index (χ3n) is 8.01. The standard InChI is InChI=1S/C28H25NO5/c1-14-3-5-16(6-4-14)25(30)15(2)34-28(33)17-7-9-18(10-8-17)29-26(31)23-19-11-12-20(22-13-21(19)22)24(23)27(29)32/h3-12,15,19-24H,13H2,1-2H3/t15-,19-,20-,21-,22-,23-,24+/m1/s1. The van der Waals surface area contributed by atoms with E-state index in [1.807, 2.05) is 19.1 Å². The largest absolute Gasteiger partial charge is 0.451 e. The predicted octanol–water partition coefficient (Wildman–Crippen LogP) is 3.98. The molecule has 1 heterocycles. The molecule has 7 atom stereocenters. The molecule has 2 aromatic rings. The fraction of sp³-hybridized carbons (Fsp3) is 0.357. The van der Waals surface area contributed by atoms with E-state index < -0.39 is 12.1 Å². The maximum absolute atomic E-state index is 13.2. The van der Waals surface area contributed by atoms with E-state index >= 15 is 0 Å². The highest BCUT2D eigenvalue weighted by Gasteiger charge is 2.67. The molecule has 7 rings (SSSR count). The number of nitrogens with zero attached hydrogens (tertiary/aromatic N) is 1. The van der Waals surface area contributed by atoms with Gasteiger partial charge in [-0.2, -0.15) is 0 Å². The molecule has 1 aliphatic heterocycles. The van der Waals surface area contributed by atoms with E-state index in [1.54, 1.807) is 31.2 Å². The molecule has 172 valence electrons. The van der Waals surface area contributed by atoms with Crippen molar-refractivity contribution in [3.63, 3.8) is 0 Å². The first kappa shape index (κ1) is 21.0. The Kier molecular flexibility index (Phi) is 4.63. The number of amides is 2. The van der Waals surface area contributed by atoms with Crippen molar-refractivity contribution in [1.82, 2.24) is 0 Å². The average Bonchev–Trinajstić information content (AvgIpc) is 3.62. The fourth-order valence-corrected chi connectivity index (χ4v) is 6.19. The predicted molar refractivity (Wildman–Crippen MR) is 124 cm³/mol. The number of hydrogen-bond acceptors (Lipinski definition) is 5. The second-order valence-corrected chi connectivity index (χ2v) is 9.99. The van der Waals surface area contributed by atoms with Crippen molar-refractivity contribution in [1.29, 1.82) is 0 Å². The van der Waals surface area contributed by atoms with Gasteiger partial charge in [0.1, 0.15) is 0 Å². The van der Waals surface area contributed by atoms with Crippen LogP contribution in [0.25, 0.3) is 0 Å². The molecule has 5 aliphatic rings. The maximum Gasteiger partial charge on any atom is 0.338 e. The van der Waals surface area contributed by atoms with Gasteiger partial charge in [-0.05, 0) is 68.2 Å². The van der Waals surface area contributed by atoms with Gasteiger partial charge in [-0.25, -0.2) is 4.79 Å². The van der Waals surface area contributed by atoms with Gasteiger partial charge in [-0.3, -0.25) is 19.3 Å². The van der Waals surface area contributed by atoms with Crippen LogP contribution >= 0.6 is 0 Å². The smallest absolute Gasteiger partial charge is 0.338 e. The first-order chi connectivity index (χ1) is 16.3. The Morgan fingerprint density at radius 3 is 1.94 bits per heavy atom. The van der Waals surface area contributed by atoms with Crippen LogP contribution in [0.3, 0.4) is 0 Å². The van der Waals surface area contributed by atoms with Crippen molar-refractivity contribution in [2.24, 2.45) is 35.5 Å². The van der Waals surface area contributed by atoms with Gasteiger partial charge >= 0.3 is 5.97 Å². The van der Waals surface area contributed by atoms with Crippen LogP contribution in [0.15, 0.2) is 60.7 Å². The van der Waals surface area contributed by atoms with Crippen LogP contribution in [0.4, 0.5) is 5.69 Å². The molecule has 2 amide bonds. The van der Waals surface area contributed by atoms with Crippen molar-refractivity contribution < 1.29 is 23.9 Å². The van der Waals surface area contributed by atoms with Crippen LogP contribution in [0.1, 0.15) is 39.6 Å². The summed E-state index contributed by atoms with van der Waals surface area (Å²) in [6.07, 6.45) is 4.48. The summed E-state index contributed by atoms with van der Waals surface area (Å²) in [5, 5.41) is 0. The number of ether oxygens (including phenoxy) is 1. The van der Waals surface area contributed by atoms with Crippen molar-refractivity contribution in [3.05, 3.63) is 77.4 Å². The highest BCUT2D eigenvalue weighted by molar-refractivity contribution is 6.22. The Labute approximate surface area is 197 Å². The minimum absolute atomic E-state index is 0.132. The zero-order chi connectivity index (χ0) is 23.7. The van der Waals surface area contributed by atoms with Gasteiger partial charge in [-0.1, -0.05) is 42.0 Å². The van der Waals surface area contributed by atoms with Crippen LogP contribution < -0.4 is 4.90 Å². The molecule has 0 spiro atoms. The number of hydrogen-bond donors (Lipinski definition) is 0. The molecule has 0 aromatic heterocycles. The third kappa shape index (κ3) is 3.08. The van der Waals surface area contributed by atoms with Gasteiger partial charge in [0.15, 0.2) is 6.10 Å². The molecule has 0 unspecified atom stereocenters. The van der Waals surface area contributed by atoms with E-state index in [1.165, 1.54) is 17.0 Å². The molecule has 2 saturated carbocycles. The molecular weight excluding hydrogens is 430 g/mol. The number of aryl methyl sites for hydroxylation is 1. The van der Waals surface area contributed by atoms with Gasteiger partial charge in [0.2, 0.25) is 17.6 Å².